The second kappa shape index (κ2) is 8.98. The van der Waals surface area contributed by atoms with Crippen LogP contribution >= 0.6 is 11.6 Å². The molecule has 3 aromatic carbocycles. The molecule has 6 nitrogen and oxygen atoms in total. The standard InChI is InChI=1S/C21H19ClN2O4S/c1-15(28-19-8-3-2-4-9-19)21(25)23-17-10-12-20(13-11-17)29(26,27)24-18-7-5-6-16(22)14-18/h2-15,24H,1H3,(H,23,25). The molecule has 0 bridgehead atoms. The quantitative estimate of drug-likeness (QED) is 0.576. The molecule has 3 rings (SSSR count). The molecular formula is C21H19ClN2O4S. The highest BCUT2D eigenvalue weighted by atomic mass is 35.5. The number of amides is 1. The molecule has 150 valence electrons. The summed E-state index contributed by atoms with van der Waals surface area (Å²) in [6.45, 7) is 1.63. The number of carbonyl (C=O) groups excluding carboxylic acids is 1. The van der Waals surface area contributed by atoms with Gasteiger partial charge in [0.25, 0.3) is 15.9 Å². The van der Waals surface area contributed by atoms with Crippen molar-refractivity contribution >= 4 is 38.9 Å². The van der Waals surface area contributed by atoms with Crippen LogP contribution in [0.25, 0.3) is 0 Å². The number of para-hydroxylation sites is 1. The third-order valence-corrected chi connectivity index (χ3v) is 5.57. The summed E-state index contributed by atoms with van der Waals surface area (Å²) in [5.74, 6) is 0.241. The van der Waals surface area contributed by atoms with Gasteiger partial charge in [-0.25, -0.2) is 8.42 Å². The van der Waals surface area contributed by atoms with Crippen LogP contribution in [0.3, 0.4) is 0 Å². The zero-order valence-corrected chi connectivity index (χ0v) is 17.1. The average Bonchev–Trinajstić information content (AvgIpc) is 2.69. The van der Waals surface area contributed by atoms with Crippen LogP contribution in [-0.4, -0.2) is 20.4 Å². The molecule has 0 saturated heterocycles. The van der Waals surface area contributed by atoms with Crippen LogP contribution in [-0.2, 0) is 14.8 Å². The molecule has 0 aliphatic rings. The summed E-state index contributed by atoms with van der Waals surface area (Å²) in [6, 6.07) is 21.3. The Labute approximate surface area is 174 Å². The molecule has 0 spiro atoms. The highest BCUT2D eigenvalue weighted by Crippen LogP contribution is 2.21. The number of sulfonamides is 1. The minimum absolute atomic E-state index is 0.0593. The zero-order valence-electron chi connectivity index (χ0n) is 15.5. The van der Waals surface area contributed by atoms with E-state index in [9.17, 15) is 13.2 Å². The van der Waals surface area contributed by atoms with E-state index in [0.717, 1.165) is 0 Å². The summed E-state index contributed by atoms with van der Waals surface area (Å²) in [4.78, 5) is 12.4. The van der Waals surface area contributed by atoms with Crippen molar-refractivity contribution < 1.29 is 17.9 Å². The van der Waals surface area contributed by atoms with Crippen LogP contribution in [0.2, 0.25) is 5.02 Å². The van der Waals surface area contributed by atoms with E-state index in [-0.39, 0.29) is 10.8 Å². The number of ether oxygens (including phenoxy) is 1. The van der Waals surface area contributed by atoms with E-state index in [1.807, 2.05) is 18.2 Å². The van der Waals surface area contributed by atoms with Crippen molar-refractivity contribution in [3.63, 3.8) is 0 Å². The van der Waals surface area contributed by atoms with E-state index in [1.165, 1.54) is 30.3 Å². The average molecular weight is 431 g/mol. The van der Waals surface area contributed by atoms with Crippen molar-refractivity contribution in [1.29, 1.82) is 0 Å². The lowest BCUT2D eigenvalue weighted by Gasteiger charge is -2.15. The fourth-order valence-electron chi connectivity index (χ4n) is 2.48. The molecule has 0 radical (unpaired) electrons. The first-order chi connectivity index (χ1) is 13.8. The van der Waals surface area contributed by atoms with Gasteiger partial charge in [-0.2, -0.15) is 0 Å². The summed E-state index contributed by atoms with van der Waals surface area (Å²) >= 11 is 5.88. The molecule has 2 N–H and O–H groups in total. The first-order valence-electron chi connectivity index (χ1n) is 8.74. The molecule has 0 aromatic heterocycles. The number of carbonyl (C=O) groups is 1. The van der Waals surface area contributed by atoms with Gasteiger partial charge in [0.05, 0.1) is 10.6 Å². The van der Waals surface area contributed by atoms with Gasteiger partial charge in [-0.05, 0) is 61.5 Å². The Hall–Kier alpha value is -3.03. The van der Waals surface area contributed by atoms with Crippen LogP contribution in [0.5, 0.6) is 5.75 Å². The number of benzene rings is 3. The number of rotatable bonds is 7. The van der Waals surface area contributed by atoms with E-state index in [1.54, 1.807) is 37.3 Å². The molecule has 0 heterocycles. The van der Waals surface area contributed by atoms with Crippen molar-refractivity contribution in [3.05, 3.63) is 83.9 Å². The third-order valence-electron chi connectivity index (χ3n) is 3.93. The molecule has 1 amide bonds. The molecular weight excluding hydrogens is 412 g/mol. The van der Waals surface area contributed by atoms with E-state index < -0.39 is 16.1 Å². The second-order valence-corrected chi connectivity index (χ2v) is 8.32. The molecule has 8 heteroatoms. The maximum absolute atomic E-state index is 12.5. The van der Waals surface area contributed by atoms with Crippen LogP contribution < -0.4 is 14.8 Å². The van der Waals surface area contributed by atoms with Gasteiger partial charge in [0.15, 0.2) is 6.10 Å². The summed E-state index contributed by atoms with van der Waals surface area (Å²) in [6.07, 6.45) is -0.717. The molecule has 29 heavy (non-hydrogen) atoms. The molecule has 0 fully saturated rings. The first-order valence-corrected chi connectivity index (χ1v) is 10.6. The van der Waals surface area contributed by atoms with Gasteiger partial charge in [0.1, 0.15) is 5.75 Å². The Morgan fingerprint density at radius 1 is 0.931 bits per heavy atom. The van der Waals surface area contributed by atoms with E-state index in [0.29, 0.717) is 22.1 Å². The normalized spacial score (nSPS) is 12.1. The summed E-state index contributed by atoms with van der Waals surface area (Å²) in [7, 11) is -3.78. The lowest BCUT2D eigenvalue weighted by atomic mass is 10.3. The van der Waals surface area contributed by atoms with Crippen molar-refractivity contribution in [2.75, 3.05) is 10.0 Å². The van der Waals surface area contributed by atoms with Crippen molar-refractivity contribution in [3.8, 4) is 5.75 Å². The fraction of sp³-hybridized carbons (Fsp3) is 0.0952. The third kappa shape index (κ3) is 5.73. The molecule has 3 aromatic rings. The van der Waals surface area contributed by atoms with Crippen molar-refractivity contribution in [2.24, 2.45) is 0 Å². The Balaban J connectivity index is 1.64. The lowest BCUT2D eigenvalue weighted by Crippen LogP contribution is -2.30. The zero-order chi connectivity index (χ0) is 20.9. The molecule has 0 aliphatic carbocycles. The molecule has 0 saturated carbocycles. The molecule has 1 atom stereocenters. The van der Waals surface area contributed by atoms with E-state index in [4.69, 9.17) is 16.3 Å². The largest absolute Gasteiger partial charge is 0.481 e. The Morgan fingerprint density at radius 3 is 2.28 bits per heavy atom. The predicted octanol–water partition coefficient (Wildman–Crippen LogP) is 4.55. The molecule has 0 aliphatic heterocycles. The first kappa shape index (κ1) is 20.7. The summed E-state index contributed by atoms with van der Waals surface area (Å²) in [5.41, 5.74) is 0.821. The monoisotopic (exact) mass is 430 g/mol. The van der Waals surface area contributed by atoms with Gasteiger partial charge in [0.2, 0.25) is 0 Å². The number of halogens is 1. The number of anilines is 2. The highest BCUT2D eigenvalue weighted by Gasteiger charge is 2.17. The van der Waals surface area contributed by atoms with Crippen molar-refractivity contribution in [1.82, 2.24) is 0 Å². The topological polar surface area (TPSA) is 84.5 Å². The van der Waals surface area contributed by atoms with Gasteiger partial charge in [-0.15, -0.1) is 0 Å². The van der Waals surface area contributed by atoms with Crippen LogP contribution in [0.15, 0.2) is 83.8 Å². The number of hydrogen-bond donors (Lipinski definition) is 2. The maximum Gasteiger partial charge on any atom is 0.265 e. The fourth-order valence-corrected chi connectivity index (χ4v) is 3.72. The van der Waals surface area contributed by atoms with Gasteiger partial charge >= 0.3 is 0 Å². The second-order valence-electron chi connectivity index (χ2n) is 6.20. The van der Waals surface area contributed by atoms with Gasteiger partial charge in [0, 0.05) is 10.7 Å². The minimum Gasteiger partial charge on any atom is -0.481 e. The van der Waals surface area contributed by atoms with Gasteiger partial charge in [-0.3, -0.25) is 9.52 Å². The Kier molecular flexibility index (Phi) is 6.41. The van der Waals surface area contributed by atoms with E-state index >= 15 is 0 Å². The number of nitrogens with one attached hydrogen (secondary N) is 2. The van der Waals surface area contributed by atoms with Crippen molar-refractivity contribution in [2.45, 2.75) is 17.9 Å². The molecule has 1 unspecified atom stereocenters. The highest BCUT2D eigenvalue weighted by molar-refractivity contribution is 7.92. The summed E-state index contributed by atoms with van der Waals surface area (Å²) in [5, 5.41) is 3.13. The van der Waals surface area contributed by atoms with Gasteiger partial charge in [-0.1, -0.05) is 35.9 Å². The Bertz CT molecular complexity index is 1090. The number of hydrogen-bond acceptors (Lipinski definition) is 4. The SMILES string of the molecule is CC(Oc1ccccc1)C(=O)Nc1ccc(S(=O)(=O)Nc2cccc(Cl)c2)cc1. The summed E-state index contributed by atoms with van der Waals surface area (Å²) < 4.78 is 33.0. The lowest BCUT2D eigenvalue weighted by molar-refractivity contribution is -0.122. The van der Waals surface area contributed by atoms with Crippen LogP contribution in [0.4, 0.5) is 11.4 Å². The predicted molar refractivity (Wildman–Crippen MR) is 114 cm³/mol. The van der Waals surface area contributed by atoms with Crippen LogP contribution in [0, 0.1) is 0 Å². The Morgan fingerprint density at radius 2 is 1.62 bits per heavy atom. The van der Waals surface area contributed by atoms with E-state index in [2.05, 4.69) is 10.0 Å². The smallest absolute Gasteiger partial charge is 0.265 e. The van der Waals surface area contributed by atoms with Gasteiger partial charge < -0.3 is 10.1 Å². The minimum atomic E-state index is -3.78. The maximum atomic E-state index is 12.5. The van der Waals surface area contributed by atoms with Crippen LogP contribution in [0.1, 0.15) is 6.92 Å².